The number of benzene rings is 3. The number of hydrogen-bond donors (Lipinski definition) is 1. The number of aryl methyl sites for hydroxylation is 1. The van der Waals surface area contributed by atoms with Crippen molar-refractivity contribution in [2.45, 2.75) is 31.1 Å². The predicted octanol–water partition coefficient (Wildman–Crippen LogP) is 6.08. The van der Waals surface area contributed by atoms with Crippen LogP contribution in [0.4, 0.5) is 10.1 Å². The molecule has 0 bridgehead atoms. The molecule has 46 heavy (non-hydrogen) atoms. The minimum atomic E-state index is -0.494. The summed E-state index contributed by atoms with van der Waals surface area (Å²) >= 11 is 2.65. The van der Waals surface area contributed by atoms with Gasteiger partial charge in [-0.3, -0.25) is 24.3 Å². The molecule has 6 rings (SSSR count). The Labute approximate surface area is 270 Å². The summed E-state index contributed by atoms with van der Waals surface area (Å²) < 4.78 is 15.4. The fourth-order valence-electron chi connectivity index (χ4n) is 5.01. The number of non-ortho nitro benzene ring substituents is 1. The number of thioether (sulfide) groups is 1. The Balaban J connectivity index is 1.25. The third-order valence-corrected chi connectivity index (χ3v) is 9.09. The molecule has 232 valence electrons. The fraction of sp³-hybridized carbons (Fsp3) is 0.156. The molecule has 2 amide bonds. The van der Waals surface area contributed by atoms with E-state index in [2.05, 4.69) is 20.6 Å². The normalized spacial score (nSPS) is 14.3. The number of halogens is 1. The first-order valence-electron chi connectivity index (χ1n) is 14.1. The summed E-state index contributed by atoms with van der Waals surface area (Å²) in [5.41, 5.74) is 3.39. The van der Waals surface area contributed by atoms with E-state index < -0.39 is 11.0 Å². The van der Waals surface area contributed by atoms with E-state index in [4.69, 9.17) is 0 Å². The number of carbonyl (C=O) groups excluding carboxylic acids is 2. The maximum atomic E-state index is 13.7. The fourth-order valence-corrected chi connectivity index (χ4v) is 6.55. The van der Waals surface area contributed by atoms with Gasteiger partial charge in [-0.2, -0.15) is 5.10 Å². The van der Waals surface area contributed by atoms with Gasteiger partial charge in [0.2, 0.25) is 0 Å². The zero-order valence-electron chi connectivity index (χ0n) is 24.4. The molecule has 0 aliphatic carbocycles. The van der Waals surface area contributed by atoms with Gasteiger partial charge in [0.05, 0.1) is 33.9 Å². The van der Waals surface area contributed by atoms with Gasteiger partial charge in [-0.05, 0) is 60.3 Å². The molecule has 0 saturated heterocycles. The Hall–Kier alpha value is -5.21. The predicted molar refractivity (Wildman–Crippen MR) is 173 cm³/mol. The second kappa shape index (κ2) is 13.4. The van der Waals surface area contributed by atoms with Gasteiger partial charge in [-0.1, -0.05) is 47.7 Å². The molecule has 1 N–H and O–H groups in total. The maximum Gasteiger partial charge on any atom is 0.269 e. The highest BCUT2D eigenvalue weighted by Gasteiger charge is 2.34. The second-order valence-corrected chi connectivity index (χ2v) is 12.3. The molecule has 11 nitrogen and oxygen atoms in total. The zero-order chi connectivity index (χ0) is 32.2. The van der Waals surface area contributed by atoms with Crippen LogP contribution in [0.25, 0.3) is 5.69 Å². The highest BCUT2D eigenvalue weighted by atomic mass is 32.2. The van der Waals surface area contributed by atoms with Crippen molar-refractivity contribution in [1.82, 2.24) is 25.1 Å². The molecule has 0 radical (unpaired) electrons. The maximum absolute atomic E-state index is 13.7. The number of nitro benzene ring substituents is 1. The van der Waals surface area contributed by atoms with Crippen LogP contribution in [-0.4, -0.2) is 48.0 Å². The third-order valence-electron chi connectivity index (χ3n) is 7.26. The Kier molecular flexibility index (Phi) is 8.99. The molecule has 0 saturated carbocycles. The van der Waals surface area contributed by atoms with Crippen LogP contribution < -0.4 is 5.32 Å². The zero-order valence-corrected chi connectivity index (χ0v) is 26.0. The summed E-state index contributed by atoms with van der Waals surface area (Å²) in [7, 11) is 0. The number of aromatic nitrogens is 3. The summed E-state index contributed by atoms with van der Waals surface area (Å²) in [6, 6.07) is 22.5. The quantitative estimate of drug-likeness (QED) is 0.109. The molecule has 0 spiro atoms. The smallest absolute Gasteiger partial charge is 0.269 e. The molecule has 3 aromatic carbocycles. The molecule has 0 fully saturated rings. The van der Waals surface area contributed by atoms with E-state index >= 15 is 0 Å². The number of nitrogens with one attached hydrogen (secondary N) is 1. The van der Waals surface area contributed by atoms with Crippen molar-refractivity contribution in [3.63, 3.8) is 0 Å². The molecule has 1 aliphatic heterocycles. The monoisotopic (exact) mass is 655 g/mol. The highest BCUT2D eigenvalue weighted by Crippen LogP contribution is 2.35. The Bertz CT molecular complexity index is 1930. The molecule has 14 heteroatoms. The lowest BCUT2D eigenvalue weighted by Crippen LogP contribution is -2.28. The van der Waals surface area contributed by atoms with Crippen molar-refractivity contribution in [2.75, 3.05) is 5.75 Å². The second-order valence-electron chi connectivity index (χ2n) is 10.4. The van der Waals surface area contributed by atoms with Crippen molar-refractivity contribution < 1.29 is 18.9 Å². The van der Waals surface area contributed by atoms with Crippen molar-refractivity contribution in [3.05, 3.63) is 134 Å². The summed E-state index contributed by atoms with van der Waals surface area (Å²) in [5, 5.41) is 31.1. The average Bonchev–Trinajstić information content (AvgIpc) is 3.83. The average molecular weight is 656 g/mol. The van der Waals surface area contributed by atoms with Gasteiger partial charge in [-0.25, -0.2) is 9.40 Å². The van der Waals surface area contributed by atoms with Crippen LogP contribution >= 0.6 is 23.1 Å². The molecule has 3 heterocycles. The van der Waals surface area contributed by atoms with Crippen molar-refractivity contribution >= 4 is 46.3 Å². The Morgan fingerprint density at radius 2 is 1.85 bits per heavy atom. The number of amides is 2. The minimum Gasteiger partial charge on any atom is -0.345 e. The number of rotatable bonds is 10. The van der Waals surface area contributed by atoms with Crippen LogP contribution in [0.5, 0.6) is 0 Å². The van der Waals surface area contributed by atoms with E-state index in [0.29, 0.717) is 28.7 Å². The van der Waals surface area contributed by atoms with Crippen molar-refractivity contribution in [3.8, 4) is 5.69 Å². The Morgan fingerprint density at radius 3 is 2.54 bits per heavy atom. The SMILES string of the molecule is Cc1cccc(C(=O)NCc2nnc(SCC(=O)N3N=C(c4cccs4)CC3c3ccc(F)cc3)n2-c2ccc([N+](=O)[O-])cc2)c1. The molecule has 1 aliphatic rings. The van der Waals surface area contributed by atoms with Crippen LogP contribution in [0.15, 0.2) is 101 Å². The first kappa shape index (κ1) is 30.8. The highest BCUT2D eigenvalue weighted by molar-refractivity contribution is 7.99. The number of thiophene rings is 1. The van der Waals surface area contributed by atoms with Gasteiger partial charge in [0, 0.05) is 29.8 Å². The standard InChI is InChI=1S/C32H26FN7O4S2/c1-20-4-2-5-22(16-20)31(42)34-18-29-35-36-32(38(29)24-11-13-25(14-12-24)40(43)44)46-19-30(41)39-27(21-7-9-23(33)10-8-21)17-26(37-39)28-6-3-15-45-28/h2-16,27H,17-19H2,1H3,(H,34,42). The van der Waals surface area contributed by atoms with Crippen LogP contribution in [-0.2, 0) is 11.3 Å². The van der Waals surface area contributed by atoms with Gasteiger partial charge in [0.25, 0.3) is 17.5 Å². The molecular formula is C32H26FN7O4S2. The van der Waals surface area contributed by atoms with E-state index in [9.17, 15) is 24.1 Å². The molecule has 5 aromatic rings. The number of hydrogen-bond acceptors (Lipinski definition) is 9. The van der Waals surface area contributed by atoms with E-state index in [1.807, 2.05) is 30.5 Å². The topological polar surface area (TPSA) is 136 Å². The van der Waals surface area contributed by atoms with Crippen LogP contribution in [0, 0.1) is 22.9 Å². The van der Waals surface area contributed by atoms with Crippen molar-refractivity contribution in [2.24, 2.45) is 5.10 Å². The molecule has 1 unspecified atom stereocenters. The van der Waals surface area contributed by atoms with Gasteiger partial charge >= 0.3 is 0 Å². The third kappa shape index (κ3) is 6.72. The largest absolute Gasteiger partial charge is 0.345 e. The van der Waals surface area contributed by atoms with Gasteiger partial charge in [0.1, 0.15) is 5.82 Å². The van der Waals surface area contributed by atoms with Crippen molar-refractivity contribution in [1.29, 1.82) is 0 Å². The lowest BCUT2D eigenvalue weighted by molar-refractivity contribution is -0.384. The lowest BCUT2D eigenvalue weighted by atomic mass is 10.0. The molecule has 2 aromatic heterocycles. The minimum absolute atomic E-state index is 0.0124. The molecular weight excluding hydrogens is 630 g/mol. The first-order chi connectivity index (χ1) is 22.3. The summed E-state index contributed by atoms with van der Waals surface area (Å²) in [6.45, 7) is 1.91. The van der Waals surface area contributed by atoms with E-state index in [-0.39, 0.29) is 35.6 Å². The Morgan fingerprint density at radius 1 is 1.07 bits per heavy atom. The number of hydrazone groups is 1. The van der Waals surface area contributed by atoms with Crippen LogP contribution in [0.1, 0.15) is 44.6 Å². The van der Waals surface area contributed by atoms with E-state index in [0.717, 1.165) is 33.5 Å². The van der Waals surface area contributed by atoms with Gasteiger partial charge in [-0.15, -0.1) is 21.5 Å². The molecule has 1 atom stereocenters. The van der Waals surface area contributed by atoms with E-state index in [1.54, 1.807) is 47.0 Å². The summed E-state index contributed by atoms with van der Waals surface area (Å²) in [6.07, 6.45) is 0.478. The lowest BCUT2D eigenvalue weighted by Gasteiger charge is -2.22. The van der Waals surface area contributed by atoms with E-state index in [1.165, 1.54) is 40.6 Å². The van der Waals surface area contributed by atoms with Crippen LogP contribution in [0.2, 0.25) is 0 Å². The van der Waals surface area contributed by atoms with Gasteiger partial charge in [0.15, 0.2) is 11.0 Å². The summed E-state index contributed by atoms with van der Waals surface area (Å²) in [4.78, 5) is 38.3. The number of nitrogens with zero attached hydrogens (tertiary/aromatic N) is 6. The number of carbonyl (C=O) groups is 2. The van der Waals surface area contributed by atoms with Crippen LogP contribution in [0.3, 0.4) is 0 Å². The summed E-state index contributed by atoms with van der Waals surface area (Å²) in [5.74, 6) is -0.649. The number of nitro groups is 1. The first-order valence-corrected chi connectivity index (χ1v) is 16.0. The van der Waals surface area contributed by atoms with Gasteiger partial charge < -0.3 is 5.32 Å².